The Balaban J connectivity index is 1.44. The van der Waals surface area contributed by atoms with Crippen molar-refractivity contribution in [2.24, 2.45) is 5.92 Å². The van der Waals surface area contributed by atoms with Gasteiger partial charge in [-0.1, -0.05) is 11.6 Å². The van der Waals surface area contributed by atoms with Gasteiger partial charge in [-0.15, -0.1) is 0 Å². The van der Waals surface area contributed by atoms with Crippen molar-refractivity contribution in [2.75, 3.05) is 26.2 Å². The van der Waals surface area contributed by atoms with Gasteiger partial charge in [0, 0.05) is 37.7 Å². The van der Waals surface area contributed by atoms with Crippen LogP contribution in [0.2, 0.25) is 0 Å². The summed E-state index contributed by atoms with van der Waals surface area (Å²) in [5.41, 5.74) is 2.96. The van der Waals surface area contributed by atoms with Crippen LogP contribution in [0.3, 0.4) is 0 Å². The highest BCUT2D eigenvalue weighted by atomic mass is 16.5. The number of hydrogen-bond donors (Lipinski definition) is 0. The number of rotatable bonds is 3. The van der Waals surface area contributed by atoms with E-state index in [0.717, 1.165) is 36.3 Å². The maximum atomic E-state index is 13.5. The third kappa shape index (κ3) is 3.40. The van der Waals surface area contributed by atoms with Gasteiger partial charge in [-0.05, 0) is 45.7 Å². The van der Waals surface area contributed by atoms with Crippen LogP contribution in [0.5, 0.6) is 0 Å². The first-order valence-electron chi connectivity index (χ1n) is 10.8. The molecule has 0 aromatic carbocycles. The average Bonchev–Trinajstić information content (AvgIpc) is 3.27. The minimum absolute atomic E-state index is 0.0893. The summed E-state index contributed by atoms with van der Waals surface area (Å²) in [5.74, 6) is 1.86. The molecule has 5 rings (SSSR count). The summed E-state index contributed by atoms with van der Waals surface area (Å²) in [7, 11) is 0. The largest absolute Gasteiger partial charge is 0.466 e. The highest BCUT2D eigenvalue weighted by molar-refractivity contribution is 6.07. The molecule has 2 fully saturated rings. The molecule has 0 N–H and O–H groups in total. The molecule has 0 radical (unpaired) electrons. The van der Waals surface area contributed by atoms with Crippen molar-refractivity contribution in [1.29, 1.82) is 0 Å². The topological polar surface area (TPSA) is 92.7 Å². The van der Waals surface area contributed by atoms with E-state index in [1.54, 1.807) is 6.07 Å². The molecule has 1 aliphatic carbocycles. The number of amides is 2. The fourth-order valence-corrected chi connectivity index (χ4v) is 4.50. The second kappa shape index (κ2) is 7.51. The van der Waals surface area contributed by atoms with E-state index in [9.17, 15) is 9.59 Å². The van der Waals surface area contributed by atoms with E-state index >= 15 is 0 Å². The number of pyridine rings is 1. The highest BCUT2D eigenvalue weighted by Crippen LogP contribution is 2.32. The molecule has 31 heavy (non-hydrogen) atoms. The molecule has 0 spiro atoms. The van der Waals surface area contributed by atoms with Crippen molar-refractivity contribution in [1.82, 2.24) is 19.9 Å². The fraction of sp³-hybridized carbons (Fsp3) is 0.478. The fourth-order valence-electron chi connectivity index (χ4n) is 4.50. The molecule has 1 saturated heterocycles. The summed E-state index contributed by atoms with van der Waals surface area (Å²) >= 11 is 0. The monoisotopic (exact) mass is 422 g/mol. The minimum Gasteiger partial charge on any atom is -0.466 e. The smallest absolute Gasteiger partial charge is 0.259 e. The number of piperazine rings is 1. The number of aromatic nitrogens is 2. The van der Waals surface area contributed by atoms with Crippen LogP contribution in [0.15, 0.2) is 21.1 Å². The summed E-state index contributed by atoms with van der Waals surface area (Å²) in [6.07, 6.45) is 3.13. The maximum Gasteiger partial charge on any atom is 0.259 e. The maximum absolute atomic E-state index is 13.5. The van der Waals surface area contributed by atoms with E-state index in [0.29, 0.717) is 54.2 Å². The predicted octanol–water partition coefficient (Wildman–Crippen LogP) is 3.49. The quantitative estimate of drug-likeness (QED) is 0.641. The van der Waals surface area contributed by atoms with Crippen molar-refractivity contribution in [3.8, 4) is 11.3 Å². The average molecular weight is 422 g/mol. The number of furan rings is 1. The Morgan fingerprint density at radius 2 is 1.74 bits per heavy atom. The second-order valence-electron chi connectivity index (χ2n) is 8.58. The van der Waals surface area contributed by atoms with Gasteiger partial charge in [0.2, 0.25) is 5.91 Å². The molecule has 0 atom stereocenters. The van der Waals surface area contributed by atoms with Crippen molar-refractivity contribution < 1.29 is 18.5 Å². The van der Waals surface area contributed by atoms with E-state index in [1.807, 2.05) is 36.6 Å². The van der Waals surface area contributed by atoms with Crippen LogP contribution in [0.25, 0.3) is 22.4 Å². The number of nitrogens with zero attached hydrogens (tertiary/aromatic N) is 4. The van der Waals surface area contributed by atoms with E-state index in [4.69, 9.17) is 8.94 Å². The van der Waals surface area contributed by atoms with Gasteiger partial charge in [-0.3, -0.25) is 9.59 Å². The Morgan fingerprint density at radius 1 is 1.03 bits per heavy atom. The van der Waals surface area contributed by atoms with Crippen LogP contribution >= 0.6 is 0 Å². The van der Waals surface area contributed by atoms with Crippen molar-refractivity contribution in [3.63, 3.8) is 0 Å². The highest BCUT2D eigenvalue weighted by Gasteiger charge is 2.33. The standard InChI is InChI=1S/C23H26N4O4/c1-13-11-17(15(3)30-13)19-12-18(20-14(2)25-31-21(20)24-19)23(29)27-9-7-26(8-10-27)22(28)16-5-4-6-16/h11-12,16H,4-10H2,1-3H3. The minimum atomic E-state index is -0.0893. The lowest BCUT2D eigenvalue weighted by Gasteiger charge is -2.38. The normalized spacial score (nSPS) is 17.3. The van der Waals surface area contributed by atoms with Crippen LogP contribution in [-0.2, 0) is 4.79 Å². The van der Waals surface area contributed by atoms with E-state index < -0.39 is 0 Å². The van der Waals surface area contributed by atoms with E-state index in [1.165, 1.54) is 0 Å². The molecule has 0 bridgehead atoms. The third-order valence-electron chi connectivity index (χ3n) is 6.50. The Hall–Kier alpha value is -3.16. The van der Waals surface area contributed by atoms with Crippen molar-refractivity contribution in [3.05, 3.63) is 34.9 Å². The molecule has 2 amide bonds. The third-order valence-corrected chi connectivity index (χ3v) is 6.50. The van der Waals surface area contributed by atoms with Gasteiger partial charge < -0.3 is 18.7 Å². The van der Waals surface area contributed by atoms with Gasteiger partial charge in [0.25, 0.3) is 11.6 Å². The number of carbonyl (C=O) groups excluding carboxylic acids is 2. The lowest BCUT2D eigenvalue weighted by atomic mass is 9.84. The number of fused-ring (bicyclic) bond motifs is 1. The Kier molecular flexibility index (Phi) is 4.79. The summed E-state index contributed by atoms with van der Waals surface area (Å²) in [4.78, 5) is 34.3. The summed E-state index contributed by atoms with van der Waals surface area (Å²) in [6.45, 7) is 7.75. The van der Waals surface area contributed by atoms with E-state index in [2.05, 4.69) is 10.1 Å². The molecule has 2 aliphatic rings. The first-order valence-corrected chi connectivity index (χ1v) is 10.8. The van der Waals surface area contributed by atoms with Gasteiger partial charge >= 0.3 is 0 Å². The molecule has 4 heterocycles. The van der Waals surface area contributed by atoms with Crippen molar-refractivity contribution in [2.45, 2.75) is 40.0 Å². The molecule has 1 saturated carbocycles. The predicted molar refractivity (Wildman–Crippen MR) is 114 cm³/mol. The molecule has 0 unspecified atom stereocenters. The lowest BCUT2D eigenvalue weighted by molar-refractivity contribution is -0.139. The molecule has 3 aromatic rings. The zero-order chi connectivity index (χ0) is 21.7. The number of aryl methyl sites for hydroxylation is 3. The van der Waals surface area contributed by atoms with Crippen LogP contribution in [0.4, 0.5) is 0 Å². The molecular formula is C23H26N4O4. The Morgan fingerprint density at radius 3 is 2.35 bits per heavy atom. The summed E-state index contributed by atoms with van der Waals surface area (Å²) in [5, 5.41) is 4.67. The van der Waals surface area contributed by atoms with Gasteiger partial charge in [-0.25, -0.2) is 4.98 Å². The molecule has 3 aromatic heterocycles. The van der Waals surface area contributed by atoms with Gasteiger partial charge in [0.1, 0.15) is 11.5 Å². The molecule has 162 valence electrons. The Bertz CT molecular complexity index is 1170. The van der Waals surface area contributed by atoms with Gasteiger partial charge in [0.05, 0.1) is 22.3 Å². The zero-order valence-electron chi connectivity index (χ0n) is 18.1. The second-order valence-corrected chi connectivity index (χ2v) is 8.58. The zero-order valence-corrected chi connectivity index (χ0v) is 18.1. The summed E-state index contributed by atoms with van der Waals surface area (Å²) in [6, 6.07) is 3.71. The SMILES string of the molecule is Cc1cc(-c2cc(C(=O)N3CCN(C(=O)C4CCC4)CC3)c3c(C)noc3n2)c(C)o1. The number of hydrogen-bond acceptors (Lipinski definition) is 6. The van der Waals surface area contributed by atoms with Gasteiger partial charge in [0.15, 0.2) is 0 Å². The molecule has 8 heteroatoms. The van der Waals surface area contributed by atoms with Crippen LogP contribution in [-0.4, -0.2) is 57.9 Å². The van der Waals surface area contributed by atoms with Crippen LogP contribution in [0.1, 0.15) is 46.8 Å². The van der Waals surface area contributed by atoms with Gasteiger partial charge in [-0.2, -0.15) is 0 Å². The van der Waals surface area contributed by atoms with Crippen molar-refractivity contribution >= 4 is 22.9 Å². The van der Waals surface area contributed by atoms with Crippen LogP contribution < -0.4 is 0 Å². The Labute approximate surface area is 180 Å². The van der Waals surface area contributed by atoms with Crippen LogP contribution in [0, 0.1) is 26.7 Å². The van der Waals surface area contributed by atoms with E-state index in [-0.39, 0.29) is 17.7 Å². The molecular weight excluding hydrogens is 396 g/mol. The number of carbonyl (C=O) groups is 2. The first kappa shape index (κ1) is 19.8. The lowest BCUT2D eigenvalue weighted by Crippen LogP contribution is -2.52. The molecule has 1 aliphatic heterocycles. The summed E-state index contributed by atoms with van der Waals surface area (Å²) < 4.78 is 11.1. The molecule has 8 nitrogen and oxygen atoms in total. The first-order chi connectivity index (χ1) is 14.9.